The van der Waals surface area contributed by atoms with Gasteiger partial charge in [0.15, 0.2) is 0 Å². The van der Waals surface area contributed by atoms with E-state index in [9.17, 15) is 9.59 Å². The number of hydrogen-bond donors (Lipinski definition) is 1. The first-order valence-corrected chi connectivity index (χ1v) is 16.5. The van der Waals surface area contributed by atoms with E-state index in [0.29, 0.717) is 42.2 Å². The Bertz CT molecular complexity index is 1840. The fourth-order valence-corrected chi connectivity index (χ4v) is 7.13. The van der Waals surface area contributed by atoms with Gasteiger partial charge in [-0.2, -0.15) is 5.10 Å². The van der Waals surface area contributed by atoms with Crippen LogP contribution in [0, 0.1) is 18.3 Å². The minimum absolute atomic E-state index is 0.171. The fraction of sp³-hybridized carbons (Fsp3) is 0.514. The molecule has 3 aromatic heterocycles. The Morgan fingerprint density at radius 2 is 1.91 bits per heavy atom. The summed E-state index contributed by atoms with van der Waals surface area (Å²) in [5, 5.41) is 7.52. The van der Waals surface area contributed by atoms with Crippen molar-refractivity contribution < 1.29 is 19.1 Å². The molecule has 0 saturated carbocycles. The van der Waals surface area contributed by atoms with Gasteiger partial charge in [-0.25, -0.2) is 14.5 Å². The molecule has 3 aliphatic rings. The van der Waals surface area contributed by atoms with Crippen LogP contribution in [0.15, 0.2) is 36.5 Å². The third kappa shape index (κ3) is 6.30. The molecule has 4 aromatic rings. The van der Waals surface area contributed by atoms with Gasteiger partial charge in [0, 0.05) is 63.0 Å². The molecule has 0 unspecified atom stereocenters. The van der Waals surface area contributed by atoms with E-state index < -0.39 is 5.60 Å². The highest BCUT2D eigenvalue weighted by Gasteiger charge is 2.53. The number of amides is 2. The minimum atomic E-state index is -0.481. The lowest BCUT2D eigenvalue weighted by Gasteiger charge is -2.60. The minimum Gasteiger partial charge on any atom is -0.477 e. The van der Waals surface area contributed by atoms with Crippen LogP contribution < -0.4 is 10.1 Å². The Labute approximate surface area is 275 Å². The number of ether oxygens (including phenoxy) is 2. The molecular formula is C35H44N8O4. The molecule has 1 spiro atoms. The molecule has 12 nitrogen and oxygen atoms in total. The fourth-order valence-electron chi connectivity index (χ4n) is 7.13. The van der Waals surface area contributed by atoms with E-state index in [1.54, 1.807) is 23.0 Å². The number of rotatable bonds is 2. The molecule has 1 atom stereocenters. The Hall–Kier alpha value is -4.45. The van der Waals surface area contributed by atoms with Gasteiger partial charge in [-0.15, -0.1) is 0 Å². The third-order valence-corrected chi connectivity index (χ3v) is 9.22. The van der Waals surface area contributed by atoms with Crippen molar-refractivity contribution in [1.82, 2.24) is 34.1 Å². The molecule has 47 heavy (non-hydrogen) atoms. The number of fused-ring (bicyclic) bond motifs is 7. The van der Waals surface area contributed by atoms with Crippen molar-refractivity contribution >= 4 is 29.0 Å². The van der Waals surface area contributed by atoms with Crippen molar-refractivity contribution in [2.75, 3.05) is 38.1 Å². The lowest BCUT2D eigenvalue weighted by atomic mass is 9.73. The highest BCUT2D eigenvalue weighted by molar-refractivity contribution is 6.04. The number of imidazole rings is 1. The number of benzene rings is 1. The summed E-state index contributed by atoms with van der Waals surface area (Å²) in [5.74, 6) is 1.26. The average Bonchev–Trinajstić information content (AvgIpc) is 3.48. The Kier molecular flexibility index (Phi) is 7.73. The number of hydrogen-bond acceptors (Lipinski definition) is 8. The van der Waals surface area contributed by atoms with Gasteiger partial charge < -0.3 is 18.9 Å². The Balaban J connectivity index is 1.11. The normalized spacial score (nSPS) is 19.8. The molecule has 1 N–H and O–H groups in total. The molecular weight excluding hydrogens is 596 g/mol. The second kappa shape index (κ2) is 11.7. The van der Waals surface area contributed by atoms with Crippen LogP contribution in [-0.2, 0) is 24.9 Å². The molecule has 1 aromatic carbocycles. The zero-order valence-corrected chi connectivity index (χ0v) is 28.2. The van der Waals surface area contributed by atoms with Crippen LogP contribution in [0.1, 0.15) is 62.2 Å². The molecule has 7 rings (SSSR count). The highest BCUT2D eigenvalue weighted by Crippen LogP contribution is 2.41. The van der Waals surface area contributed by atoms with Crippen molar-refractivity contribution in [3.63, 3.8) is 0 Å². The van der Waals surface area contributed by atoms with Gasteiger partial charge in [0.05, 0.1) is 35.1 Å². The number of carbonyl (C=O) groups is 2. The topological polar surface area (TPSA) is 120 Å². The van der Waals surface area contributed by atoms with Gasteiger partial charge in [-0.1, -0.05) is 13.0 Å². The SMILES string of the molecule is Cc1cc2cc(n1)-c1cnn(C)c1OCCC[C@@H](C)Cn1c(nc3ccc(CN4CC5(C4)CN(C(=O)OC(C)(C)C)C5)cc31)NC2=O. The maximum absolute atomic E-state index is 13.7. The predicted molar refractivity (Wildman–Crippen MR) is 178 cm³/mol. The van der Waals surface area contributed by atoms with Gasteiger partial charge in [0.25, 0.3) is 5.91 Å². The van der Waals surface area contributed by atoms with E-state index in [4.69, 9.17) is 19.4 Å². The van der Waals surface area contributed by atoms with Crippen molar-refractivity contribution in [3.05, 3.63) is 53.3 Å². The van der Waals surface area contributed by atoms with E-state index in [-0.39, 0.29) is 17.4 Å². The quantitative estimate of drug-likeness (QED) is 0.316. The lowest BCUT2D eigenvalue weighted by Crippen LogP contribution is -2.72. The van der Waals surface area contributed by atoms with E-state index in [0.717, 1.165) is 67.9 Å². The molecule has 0 aliphatic carbocycles. The second-order valence-electron chi connectivity index (χ2n) is 14.8. The monoisotopic (exact) mass is 640 g/mol. The van der Waals surface area contributed by atoms with Crippen LogP contribution in [0.2, 0.25) is 0 Å². The largest absolute Gasteiger partial charge is 0.477 e. The zero-order chi connectivity index (χ0) is 33.1. The molecule has 12 heteroatoms. The first-order chi connectivity index (χ1) is 22.3. The van der Waals surface area contributed by atoms with Crippen molar-refractivity contribution in [2.24, 2.45) is 18.4 Å². The van der Waals surface area contributed by atoms with E-state index in [1.807, 2.05) is 39.6 Å². The number of aromatic nitrogens is 5. The first kappa shape index (κ1) is 31.2. The summed E-state index contributed by atoms with van der Waals surface area (Å²) in [7, 11) is 1.85. The lowest BCUT2D eigenvalue weighted by molar-refractivity contribution is -0.115. The van der Waals surface area contributed by atoms with Gasteiger partial charge in [0.1, 0.15) is 5.60 Å². The average molecular weight is 641 g/mol. The standard InChI is InChI=1S/C35H44N8O4/c1-22-8-7-11-46-31-26(15-36-40(31)6)28-14-25(12-23(2)37-28)30(44)39-32-38-27-10-9-24(13-29(27)43(32)16-22)17-41-18-35(19-41)20-42(21-35)33(45)47-34(3,4)5/h9-10,12-15,22H,7-8,11,16-21H2,1-6H3,(H,38,39,44)/t22-/m1/s1. The summed E-state index contributed by atoms with van der Waals surface area (Å²) < 4.78 is 15.6. The van der Waals surface area contributed by atoms with Crippen LogP contribution in [0.5, 0.6) is 5.88 Å². The number of likely N-dealkylation sites (tertiary alicyclic amines) is 2. The maximum atomic E-state index is 13.7. The summed E-state index contributed by atoms with van der Waals surface area (Å²) in [6, 6.07) is 9.96. The number of aryl methyl sites for hydroxylation is 2. The first-order valence-electron chi connectivity index (χ1n) is 16.5. The number of nitrogens with zero attached hydrogens (tertiary/aromatic N) is 7. The second-order valence-corrected chi connectivity index (χ2v) is 14.8. The number of carbonyl (C=O) groups excluding carboxylic acids is 2. The van der Waals surface area contributed by atoms with Crippen LogP contribution in [-0.4, -0.2) is 84.5 Å². The number of anilines is 1. The zero-order valence-electron chi connectivity index (χ0n) is 28.2. The molecule has 2 fully saturated rings. The molecule has 0 radical (unpaired) electrons. The van der Waals surface area contributed by atoms with Crippen LogP contribution in [0.3, 0.4) is 0 Å². The van der Waals surface area contributed by atoms with Gasteiger partial charge in [-0.3, -0.25) is 20.0 Å². The smallest absolute Gasteiger partial charge is 0.410 e. The summed E-state index contributed by atoms with van der Waals surface area (Å²) in [6.07, 6.45) is 3.34. The predicted octanol–water partition coefficient (Wildman–Crippen LogP) is 5.25. The summed E-state index contributed by atoms with van der Waals surface area (Å²) in [6.45, 7) is 15.3. The molecule has 2 amide bonds. The molecule has 6 heterocycles. The number of pyridine rings is 1. The number of nitrogens with one attached hydrogen (secondary N) is 1. The van der Waals surface area contributed by atoms with Gasteiger partial charge in [-0.05, 0) is 76.3 Å². The van der Waals surface area contributed by atoms with Gasteiger partial charge >= 0.3 is 6.09 Å². The molecule has 2 saturated heterocycles. The third-order valence-electron chi connectivity index (χ3n) is 9.22. The van der Waals surface area contributed by atoms with Crippen molar-refractivity contribution in [3.8, 4) is 17.1 Å². The molecule has 2 bridgehead atoms. The van der Waals surface area contributed by atoms with E-state index >= 15 is 0 Å². The van der Waals surface area contributed by atoms with Crippen molar-refractivity contribution in [1.29, 1.82) is 0 Å². The highest BCUT2D eigenvalue weighted by atomic mass is 16.6. The Morgan fingerprint density at radius 1 is 1.13 bits per heavy atom. The molecule has 3 aliphatic heterocycles. The summed E-state index contributed by atoms with van der Waals surface area (Å²) in [5.41, 5.74) is 5.37. The molecule has 248 valence electrons. The summed E-state index contributed by atoms with van der Waals surface area (Å²) >= 11 is 0. The van der Waals surface area contributed by atoms with E-state index in [1.165, 1.54) is 5.56 Å². The van der Waals surface area contributed by atoms with Crippen LogP contribution >= 0.6 is 0 Å². The maximum Gasteiger partial charge on any atom is 0.410 e. The summed E-state index contributed by atoms with van der Waals surface area (Å²) in [4.78, 5) is 40.0. The van der Waals surface area contributed by atoms with Crippen LogP contribution in [0.4, 0.5) is 10.7 Å². The Morgan fingerprint density at radius 3 is 2.68 bits per heavy atom. The van der Waals surface area contributed by atoms with Crippen molar-refractivity contribution in [2.45, 2.75) is 66.2 Å². The van der Waals surface area contributed by atoms with Crippen LogP contribution in [0.25, 0.3) is 22.3 Å². The van der Waals surface area contributed by atoms with E-state index in [2.05, 4.69) is 45.0 Å². The van der Waals surface area contributed by atoms with Gasteiger partial charge in [0.2, 0.25) is 11.8 Å².